The van der Waals surface area contributed by atoms with Crippen molar-refractivity contribution in [3.63, 3.8) is 0 Å². The van der Waals surface area contributed by atoms with Gasteiger partial charge in [0.2, 0.25) is 0 Å². The van der Waals surface area contributed by atoms with Gasteiger partial charge in [-0.15, -0.1) is 0 Å². The molecule has 0 aliphatic heterocycles. The number of rotatable bonds is 2. The molecule has 1 N–H and O–H groups in total. The van der Waals surface area contributed by atoms with Gasteiger partial charge in [0.15, 0.2) is 4.90 Å². The van der Waals surface area contributed by atoms with Gasteiger partial charge in [0, 0.05) is 10.7 Å². The van der Waals surface area contributed by atoms with Gasteiger partial charge < -0.3 is 9.84 Å². The summed E-state index contributed by atoms with van der Waals surface area (Å²) in [6.07, 6.45) is 0. The van der Waals surface area contributed by atoms with Crippen molar-refractivity contribution in [1.82, 2.24) is 0 Å². The first kappa shape index (κ1) is 11.6. The van der Waals surface area contributed by atoms with Gasteiger partial charge in [0.1, 0.15) is 11.5 Å². The summed E-state index contributed by atoms with van der Waals surface area (Å²) in [5.74, 6) is -0.776. The zero-order valence-electron chi connectivity index (χ0n) is 7.56. The van der Waals surface area contributed by atoms with Gasteiger partial charge in [-0.2, -0.15) is 5.26 Å². The van der Waals surface area contributed by atoms with Crippen LogP contribution in [0.5, 0.6) is 11.5 Å². The SMILES string of the molecule is COc1cc(C#N)cc(O)c1S(=O)(=O)Cl. The van der Waals surface area contributed by atoms with Crippen molar-refractivity contribution < 1.29 is 18.3 Å². The average molecular weight is 248 g/mol. The predicted molar refractivity (Wildman–Crippen MR) is 52.4 cm³/mol. The van der Waals surface area contributed by atoms with Gasteiger partial charge in [0.05, 0.1) is 18.7 Å². The van der Waals surface area contributed by atoms with Crippen LogP contribution in [0.25, 0.3) is 0 Å². The highest BCUT2D eigenvalue weighted by Crippen LogP contribution is 2.35. The van der Waals surface area contributed by atoms with Crippen LogP contribution in [-0.4, -0.2) is 20.6 Å². The first-order chi connectivity index (χ1) is 6.90. The number of ether oxygens (including phenoxy) is 1. The first-order valence-electron chi connectivity index (χ1n) is 3.66. The number of phenols is 1. The molecule has 0 bridgehead atoms. The van der Waals surface area contributed by atoms with Gasteiger partial charge in [-0.3, -0.25) is 0 Å². The molecule has 0 amide bonds. The third-order valence-electron chi connectivity index (χ3n) is 1.63. The Morgan fingerprint density at radius 1 is 1.53 bits per heavy atom. The number of hydrogen-bond donors (Lipinski definition) is 1. The Bertz CT molecular complexity index is 532. The topological polar surface area (TPSA) is 87.4 Å². The van der Waals surface area contributed by atoms with Gasteiger partial charge >= 0.3 is 0 Å². The van der Waals surface area contributed by atoms with E-state index in [1.807, 2.05) is 0 Å². The summed E-state index contributed by atoms with van der Waals surface area (Å²) < 4.78 is 26.9. The minimum atomic E-state index is -4.11. The maximum Gasteiger partial charge on any atom is 0.268 e. The highest BCUT2D eigenvalue weighted by Gasteiger charge is 2.22. The molecule has 1 aromatic rings. The molecule has 15 heavy (non-hydrogen) atoms. The zero-order valence-corrected chi connectivity index (χ0v) is 9.13. The quantitative estimate of drug-likeness (QED) is 0.794. The normalized spacial score (nSPS) is 10.7. The number of hydrogen-bond acceptors (Lipinski definition) is 5. The third-order valence-corrected chi connectivity index (χ3v) is 2.99. The molecular weight excluding hydrogens is 242 g/mol. The zero-order chi connectivity index (χ0) is 11.6. The van der Waals surface area contributed by atoms with Crippen LogP contribution in [0.2, 0.25) is 0 Å². The maximum atomic E-state index is 11.1. The fourth-order valence-corrected chi connectivity index (χ4v) is 2.21. The Kier molecular flexibility index (Phi) is 3.07. The van der Waals surface area contributed by atoms with Crippen LogP contribution in [0.1, 0.15) is 5.56 Å². The lowest BCUT2D eigenvalue weighted by Crippen LogP contribution is -1.97. The van der Waals surface area contributed by atoms with E-state index >= 15 is 0 Å². The van der Waals surface area contributed by atoms with Crippen molar-refractivity contribution in [1.29, 1.82) is 5.26 Å². The van der Waals surface area contributed by atoms with Crippen LogP contribution >= 0.6 is 10.7 Å². The largest absolute Gasteiger partial charge is 0.506 e. The summed E-state index contributed by atoms with van der Waals surface area (Å²) in [7, 11) is 2.19. The molecular formula is C8H6ClNO4S. The highest BCUT2D eigenvalue weighted by atomic mass is 35.7. The molecule has 1 aromatic carbocycles. The Hall–Kier alpha value is -1.45. The summed E-state index contributed by atoms with van der Waals surface area (Å²) in [5, 5.41) is 18.0. The van der Waals surface area contributed by atoms with E-state index in [0.29, 0.717) is 0 Å². The third kappa shape index (κ3) is 2.32. The van der Waals surface area contributed by atoms with E-state index in [-0.39, 0.29) is 11.3 Å². The predicted octanol–water partition coefficient (Wildman–Crippen LogP) is 1.20. The summed E-state index contributed by atoms with van der Waals surface area (Å²) in [4.78, 5) is -0.536. The number of aromatic hydroxyl groups is 1. The van der Waals surface area contributed by atoms with Crippen molar-refractivity contribution in [2.24, 2.45) is 0 Å². The fourth-order valence-electron chi connectivity index (χ4n) is 1.05. The molecule has 7 heteroatoms. The molecule has 0 aliphatic rings. The van der Waals surface area contributed by atoms with Crippen molar-refractivity contribution >= 4 is 19.7 Å². The molecule has 0 aliphatic carbocycles. The molecule has 0 saturated heterocycles. The standard InChI is InChI=1S/C8H6ClNO4S/c1-14-7-3-5(4-10)2-6(11)8(7)15(9,12)13/h2-3,11H,1H3. The molecule has 0 aromatic heterocycles. The second kappa shape index (κ2) is 3.96. The maximum absolute atomic E-state index is 11.1. The van der Waals surface area contributed by atoms with E-state index in [9.17, 15) is 13.5 Å². The van der Waals surface area contributed by atoms with Crippen LogP contribution < -0.4 is 4.74 Å². The molecule has 0 atom stereocenters. The molecule has 0 heterocycles. The summed E-state index contributed by atoms with van der Waals surface area (Å²) in [5.41, 5.74) is 0.0772. The summed E-state index contributed by atoms with van der Waals surface area (Å²) in [6.45, 7) is 0. The Labute approximate surface area is 90.9 Å². The molecule has 0 spiro atoms. The number of halogens is 1. The lowest BCUT2D eigenvalue weighted by molar-refractivity contribution is 0.389. The minimum Gasteiger partial charge on any atom is -0.506 e. The van der Waals surface area contributed by atoms with Crippen molar-refractivity contribution in [2.75, 3.05) is 7.11 Å². The van der Waals surface area contributed by atoms with E-state index in [4.69, 9.17) is 20.7 Å². The lowest BCUT2D eigenvalue weighted by atomic mass is 10.2. The van der Waals surface area contributed by atoms with Crippen LogP contribution in [0.4, 0.5) is 0 Å². The van der Waals surface area contributed by atoms with Crippen molar-refractivity contribution in [3.05, 3.63) is 17.7 Å². The van der Waals surface area contributed by atoms with Gasteiger partial charge in [0.25, 0.3) is 9.05 Å². The van der Waals surface area contributed by atoms with Gasteiger partial charge in [-0.05, 0) is 12.1 Å². The summed E-state index contributed by atoms with van der Waals surface area (Å²) in [6, 6.07) is 3.92. The van der Waals surface area contributed by atoms with E-state index in [1.54, 1.807) is 6.07 Å². The van der Waals surface area contributed by atoms with E-state index in [1.165, 1.54) is 13.2 Å². The molecule has 1 rings (SSSR count). The second-order valence-electron chi connectivity index (χ2n) is 2.58. The number of nitrogens with zero attached hydrogens (tertiary/aromatic N) is 1. The number of benzene rings is 1. The van der Waals surface area contributed by atoms with Crippen molar-refractivity contribution in [2.45, 2.75) is 4.90 Å². The molecule has 5 nitrogen and oxygen atoms in total. The van der Waals surface area contributed by atoms with Crippen LogP contribution in [0.3, 0.4) is 0 Å². The van der Waals surface area contributed by atoms with Crippen LogP contribution in [0, 0.1) is 11.3 Å². The van der Waals surface area contributed by atoms with E-state index in [2.05, 4.69) is 0 Å². The molecule has 80 valence electrons. The average Bonchev–Trinajstić information content (AvgIpc) is 2.14. The Balaban J connectivity index is 3.61. The van der Waals surface area contributed by atoms with Gasteiger partial charge in [-0.25, -0.2) is 8.42 Å². The number of methoxy groups -OCH3 is 1. The first-order valence-corrected chi connectivity index (χ1v) is 5.97. The van der Waals surface area contributed by atoms with Crippen LogP contribution in [-0.2, 0) is 9.05 Å². The molecule has 0 radical (unpaired) electrons. The van der Waals surface area contributed by atoms with Gasteiger partial charge in [-0.1, -0.05) is 0 Å². The minimum absolute atomic E-state index is 0.0772. The molecule has 0 saturated carbocycles. The summed E-state index contributed by atoms with van der Waals surface area (Å²) >= 11 is 0. The Morgan fingerprint density at radius 2 is 2.13 bits per heavy atom. The van der Waals surface area contributed by atoms with Crippen molar-refractivity contribution in [3.8, 4) is 17.6 Å². The van der Waals surface area contributed by atoms with Crippen LogP contribution in [0.15, 0.2) is 17.0 Å². The monoisotopic (exact) mass is 247 g/mol. The van der Waals surface area contributed by atoms with E-state index < -0.39 is 19.7 Å². The lowest BCUT2D eigenvalue weighted by Gasteiger charge is -2.07. The highest BCUT2D eigenvalue weighted by molar-refractivity contribution is 8.13. The number of nitriles is 1. The fraction of sp³-hybridized carbons (Fsp3) is 0.125. The Morgan fingerprint density at radius 3 is 2.53 bits per heavy atom. The van der Waals surface area contributed by atoms with E-state index in [0.717, 1.165) is 6.07 Å². The number of phenolic OH excluding ortho intramolecular Hbond substituents is 1. The smallest absolute Gasteiger partial charge is 0.268 e. The molecule has 0 unspecified atom stereocenters. The second-order valence-corrected chi connectivity index (χ2v) is 5.08. The molecule has 0 fully saturated rings.